The normalized spacial score (nSPS) is 20.3. The fourth-order valence-electron chi connectivity index (χ4n) is 1.87. The van der Waals surface area contributed by atoms with Crippen molar-refractivity contribution in [1.82, 2.24) is 14.8 Å². The van der Waals surface area contributed by atoms with Gasteiger partial charge in [-0.05, 0) is 6.42 Å². The van der Waals surface area contributed by atoms with Gasteiger partial charge in [0.05, 0.1) is 6.61 Å². The van der Waals surface area contributed by atoms with Crippen LogP contribution in [0.15, 0.2) is 0 Å². The fraction of sp³-hybridized carbons (Fsp3) is 0.800. The Labute approximate surface area is 89.1 Å². The minimum absolute atomic E-state index is 0.243. The molecule has 2 heterocycles. The molecule has 84 valence electrons. The number of ether oxygens (including phenoxy) is 1. The molecule has 0 spiro atoms. The smallest absolute Gasteiger partial charge is 0.153 e. The van der Waals surface area contributed by atoms with Gasteiger partial charge < -0.3 is 9.84 Å². The van der Waals surface area contributed by atoms with E-state index < -0.39 is 0 Å². The minimum atomic E-state index is 0.243. The highest BCUT2D eigenvalue weighted by molar-refractivity contribution is 4.97. The number of nitrogens with zero attached hydrogens (tertiary/aromatic N) is 3. The molecule has 15 heavy (non-hydrogen) atoms. The summed E-state index contributed by atoms with van der Waals surface area (Å²) in [6.07, 6.45) is 2.70. The number of hydrogen-bond acceptors (Lipinski definition) is 4. The van der Waals surface area contributed by atoms with Crippen molar-refractivity contribution < 1.29 is 9.84 Å². The van der Waals surface area contributed by atoms with E-state index in [9.17, 15) is 0 Å². The molecule has 1 aromatic heterocycles. The summed E-state index contributed by atoms with van der Waals surface area (Å²) in [7, 11) is 1.68. The number of rotatable bonds is 4. The van der Waals surface area contributed by atoms with Crippen LogP contribution >= 0.6 is 0 Å². The topological polar surface area (TPSA) is 60.2 Å². The molecule has 0 aliphatic carbocycles. The van der Waals surface area contributed by atoms with Crippen molar-refractivity contribution in [1.29, 1.82) is 0 Å². The summed E-state index contributed by atoms with van der Waals surface area (Å²) in [5.74, 6) is 2.24. The summed E-state index contributed by atoms with van der Waals surface area (Å²) >= 11 is 0. The van der Waals surface area contributed by atoms with Gasteiger partial charge in [0.2, 0.25) is 0 Å². The molecule has 0 radical (unpaired) electrons. The van der Waals surface area contributed by atoms with E-state index >= 15 is 0 Å². The number of aliphatic hydroxyl groups excluding tert-OH is 1. The summed E-state index contributed by atoms with van der Waals surface area (Å²) in [5.41, 5.74) is 0. The van der Waals surface area contributed by atoms with Crippen molar-refractivity contribution in [3.05, 3.63) is 11.6 Å². The summed E-state index contributed by atoms with van der Waals surface area (Å²) in [6.45, 7) is 1.70. The van der Waals surface area contributed by atoms with Crippen molar-refractivity contribution >= 4 is 0 Å². The lowest BCUT2D eigenvalue weighted by molar-refractivity contribution is 0.184. The zero-order valence-corrected chi connectivity index (χ0v) is 9.02. The van der Waals surface area contributed by atoms with Gasteiger partial charge in [0.25, 0.3) is 0 Å². The Morgan fingerprint density at radius 1 is 1.60 bits per heavy atom. The molecule has 0 aromatic carbocycles. The number of aryl methyl sites for hydroxylation is 1. The Morgan fingerprint density at radius 3 is 3.20 bits per heavy atom. The molecule has 0 saturated carbocycles. The second-order valence-corrected chi connectivity index (χ2v) is 3.96. The second-order valence-electron chi connectivity index (χ2n) is 3.96. The minimum Gasteiger partial charge on any atom is -0.396 e. The van der Waals surface area contributed by atoms with Gasteiger partial charge in [-0.1, -0.05) is 0 Å². The Balaban J connectivity index is 2.04. The third kappa shape index (κ3) is 2.35. The lowest BCUT2D eigenvalue weighted by atomic mass is 10.0. The average Bonchev–Trinajstić information content (AvgIpc) is 2.67. The first-order valence-electron chi connectivity index (χ1n) is 5.36. The molecule has 5 nitrogen and oxygen atoms in total. The Morgan fingerprint density at radius 2 is 2.47 bits per heavy atom. The Hall–Kier alpha value is -0.940. The lowest BCUT2D eigenvalue weighted by Gasteiger charge is -2.19. The van der Waals surface area contributed by atoms with E-state index in [1.807, 2.05) is 4.68 Å². The third-order valence-corrected chi connectivity index (χ3v) is 2.79. The van der Waals surface area contributed by atoms with Crippen molar-refractivity contribution in [3.63, 3.8) is 0 Å². The van der Waals surface area contributed by atoms with Crippen LogP contribution in [0.4, 0.5) is 0 Å². The van der Waals surface area contributed by atoms with E-state index in [1.54, 1.807) is 7.11 Å². The summed E-state index contributed by atoms with van der Waals surface area (Å²) in [4.78, 5) is 4.45. The highest BCUT2D eigenvalue weighted by Gasteiger charge is 2.20. The SMILES string of the molecule is COCCc1nc2n(n1)CC(CO)CC2. The van der Waals surface area contributed by atoms with E-state index in [-0.39, 0.29) is 6.61 Å². The van der Waals surface area contributed by atoms with Crippen LogP contribution in [0.5, 0.6) is 0 Å². The van der Waals surface area contributed by atoms with Gasteiger partial charge in [0.1, 0.15) is 5.82 Å². The molecule has 1 unspecified atom stereocenters. The van der Waals surface area contributed by atoms with Crippen LogP contribution in [0.1, 0.15) is 18.1 Å². The number of aromatic nitrogens is 3. The number of aliphatic hydroxyl groups is 1. The maximum atomic E-state index is 9.08. The Bertz CT molecular complexity index is 324. The van der Waals surface area contributed by atoms with Gasteiger partial charge in [0.15, 0.2) is 5.82 Å². The van der Waals surface area contributed by atoms with E-state index in [0.29, 0.717) is 12.5 Å². The van der Waals surface area contributed by atoms with Crippen LogP contribution in [0.25, 0.3) is 0 Å². The van der Waals surface area contributed by atoms with Gasteiger partial charge in [-0.25, -0.2) is 9.67 Å². The summed E-state index contributed by atoms with van der Waals surface area (Å²) in [5, 5.41) is 13.5. The van der Waals surface area contributed by atoms with Crippen LogP contribution in [0, 0.1) is 5.92 Å². The molecular weight excluding hydrogens is 194 g/mol. The molecule has 0 amide bonds. The van der Waals surface area contributed by atoms with E-state index in [4.69, 9.17) is 9.84 Å². The first-order chi connectivity index (χ1) is 7.33. The van der Waals surface area contributed by atoms with Gasteiger partial charge in [-0.3, -0.25) is 0 Å². The molecule has 1 aliphatic rings. The molecule has 0 saturated heterocycles. The first-order valence-corrected chi connectivity index (χ1v) is 5.36. The van der Waals surface area contributed by atoms with Gasteiger partial charge >= 0.3 is 0 Å². The van der Waals surface area contributed by atoms with Gasteiger partial charge in [0, 0.05) is 39.0 Å². The number of fused-ring (bicyclic) bond motifs is 1. The molecule has 1 aromatic rings. The largest absolute Gasteiger partial charge is 0.396 e. The van der Waals surface area contributed by atoms with Crippen LogP contribution in [0.3, 0.4) is 0 Å². The standard InChI is InChI=1S/C10H17N3O2/c1-15-5-4-9-11-10-3-2-8(7-14)6-13(10)12-9/h8,14H,2-7H2,1H3. The van der Waals surface area contributed by atoms with Crippen molar-refractivity contribution in [3.8, 4) is 0 Å². The first kappa shape index (κ1) is 10.6. The third-order valence-electron chi connectivity index (χ3n) is 2.79. The monoisotopic (exact) mass is 211 g/mol. The average molecular weight is 211 g/mol. The lowest BCUT2D eigenvalue weighted by Crippen LogP contribution is -2.23. The molecule has 5 heteroatoms. The molecule has 0 bridgehead atoms. The zero-order chi connectivity index (χ0) is 10.7. The van der Waals surface area contributed by atoms with Gasteiger partial charge in [-0.2, -0.15) is 5.10 Å². The van der Waals surface area contributed by atoms with Crippen molar-refractivity contribution in [2.24, 2.45) is 5.92 Å². The number of hydrogen-bond donors (Lipinski definition) is 1. The molecule has 1 N–H and O–H groups in total. The fourth-order valence-corrected chi connectivity index (χ4v) is 1.87. The van der Waals surface area contributed by atoms with Crippen LogP contribution in [0.2, 0.25) is 0 Å². The van der Waals surface area contributed by atoms with Crippen LogP contribution in [-0.4, -0.2) is 40.2 Å². The van der Waals surface area contributed by atoms with E-state index in [2.05, 4.69) is 10.1 Å². The predicted octanol–water partition coefficient (Wildman–Crippen LogP) is 0.0217. The highest BCUT2D eigenvalue weighted by Crippen LogP contribution is 2.17. The van der Waals surface area contributed by atoms with Gasteiger partial charge in [-0.15, -0.1) is 0 Å². The van der Waals surface area contributed by atoms with Crippen molar-refractivity contribution in [2.75, 3.05) is 20.3 Å². The molecule has 1 aliphatic heterocycles. The Kier molecular flexibility index (Phi) is 3.33. The molecule has 0 fully saturated rings. The van der Waals surface area contributed by atoms with Crippen molar-refractivity contribution in [2.45, 2.75) is 25.8 Å². The van der Waals surface area contributed by atoms with E-state index in [1.165, 1.54) is 0 Å². The maximum absolute atomic E-state index is 9.08. The van der Waals surface area contributed by atoms with Crippen LogP contribution < -0.4 is 0 Å². The molecule has 2 rings (SSSR count). The molecule has 1 atom stereocenters. The summed E-state index contributed by atoms with van der Waals surface area (Å²) in [6, 6.07) is 0. The summed E-state index contributed by atoms with van der Waals surface area (Å²) < 4.78 is 6.92. The highest BCUT2D eigenvalue weighted by atomic mass is 16.5. The zero-order valence-electron chi connectivity index (χ0n) is 9.02. The van der Waals surface area contributed by atoms with Crippen LogP contribution in [-0.2, 0) is 24.1 Å². The quantitative estimate of drug-likeness (QED) is 0.763. The van der Waals surface area contributed by atoms with E-state index in [0.717, 1.165) is 37.5 Å². The molecular formula is C10H17N3O2. The number of methoxy groups -OCH3 is 1. The maximum Gasteiger partial charge on any atom is 0.153 e. The second kappa shape index (κ2) is 4.72. The predicted molar refractivity (Wildman–Crippen MR) is 54.5 cm³/mol.